The standard InChI is InChI=1S/C15H17Br2N3/c1-3-5-12-14(17)15(18-2)20-13(19-12)9-10-6-4-7-11(16)8-10/h4,6-8H,3,5,9H2,1-2H3,(H,18,19,20). The van der Waals surface area contributed by atoms with E-state index in [0.29, 0.717) is 0 Å². The molecule has 20 heavy (non-hydrogen) atoms. The average molecular weight is 399 g/mol. The molecule has 0 unspecified atom stereocenters. The molecule has 1 aromatic carbocycles. The third kappa shape index (κ3) is 3.79. The number of nitrogens with zero attached hydrogens (tertiary/aromatic N) is 2. The molecular weight excluding hydrogens is 382 g/mol. The first kappa shape index (κ1) is 15.4. The lowest BCUT2D eigenvalue weighted by atomic mass is 10.1. The molecule has 0 amide bonds. The van der Waals surface area contributed by atoms with Gasteiger partial charge >= 0.3 is 0 Å². The van der Waals surface area contributed by atoms with Gasteiger partial charge in [0.25, 0.3) is 0 Å². The van der Waals surface area contributed by atoms with Crippen LogP contribution >= 0.6 is 31.9 Å². The van der Waals surface area contributed by atoms with Gasteiger partial charge < -0.3 is 5.32 Å². The van der Waals surface area contributed by atoms with Crippen LogP contribution in [-0.4, -0.2) is 17.0 Å². The molecule has 0 aliphatic carbocycles. The number of nitrogens with one attached hydrogen (secondary N) is 1. The summed E-state index contributed by atoms with van der Waals surface area (Å²) in [7, 11) is 1.88. The lowest BCUT2D eigenvalue weighted by Gasteiger charge is -2.11. The molecule has 3 nitrogen and oxygen atoms in total. The van der Waals surface area contributed by atoms with E-state index in [0.717, 1.165) is 45.5 Å². The van der Waals surface area contributed by atoms with Crippen LogP contribution in [0, 0.1) is 0 Å². The zero-order chi connectivity index (χ0) is 14.5. The third-order valence-electron chi connectivity index (χ3n) is 2.94. The highest BCUT2D eigenvalue weighted by molar-refractivity contribution is 9.11. The molecule has 0 radical (unpaired) electrons. The SMILES string of the molecule is CCCc1nc(Cc2cccc(Br)c2)nc(NC)c1Br. The molecule has 0 saturated heterocycles. The Morgan fingerprint density at radius 2 is 2.00 bits per heavy atom. The summed E-state index contributed by atoms with van der Waals surface area (Å²) in [5.41, 5.74) is 2.27. The van der Waals surface area contributed by atoms with Crippen molar-refractivity contribution < 1.29 is 0 Å². The van der Waals surface area contributed by atoms with E-state index < -0.39 is 0 Å². The maximum Gasteiger partial charge on any atom is 0.144 e. The highest BCUT2D eigenvalue weighted by atomic mass is 79.9. The molecule has 2 aromatic rings. The number of halogens is 2. The second-order valence-corrected chi connectivity index (χ2v) is 6.26. The van der Waals surface area contributed by atoms with E-state index in [1.807, 2.05) is 19.2 Å². The van der Waals surface area contributed by atoms with Crippen molar-refractivity contribution in [2.75, 3.05) is 12.4 Å². The normalized spacial score (nSPS) is 10.6. The van der Waals surface area contributed by atoms with Crippen molar-refractivity contribution in [1.29, 1.82) is 0 Å². The van der Waals surface area contributed by atoms with Crippen molar-refractivity contribution in [3.8, 4) is 0 Å². The van der Waals surface area contributed by atoms with Crippen LogP contribution < -0.4 is 5.32 Å². The molecule has 5 heteroatoms. The van der Waals surface area contributed by atoms with Gasteiger partial charge in [-0.2, -0.15) is 0 Å². The number of hydrogen-bond donors (Lipinski definition) is 1. The van der Waals surface area contributed by atoms with E-state index >= 15 is 0 Å². The highest BCUT2D eigenvalue weighted by Crippen LogP contribution is 2.25. The van der Waals surface area contributed by atoms with E-state index in [9.17, 15) is 0 Å². The van der Waals surface area contributed by atoms with Crippen LogP contribution in [0.2, 0.25) is 0 Å². The van der Waals surface area contributed by atoms with Gasteiger partial charge in [-0.05, 0) is 40.0 Å². The van der Waals surface area contributed by atoms with Crippen LogP contribution in [-0.2, 0) is 12.8 Å². The summed E-state index contributed by atoms with van der Waals surface area (Å²) in [6, 6.07) is 8.25. The highest BCUT2D eigenvalue weighted by Gasteiger charge is 2.11. The fourth-order valence-corrected chi connectivity index (χ4v) is 3.04. The largest absolute Gasteiger partial charge is 0.372 e. The Morgan fingerprint density at radius 1 is 1.20 bits per heavy atom. The molecule has 1 aromatic heterocycles. The number of benzene rings is 1. The second-order valence-electron chi connectivity index (χ2n) is 4.56. The topological polar surface area (TPSA) is 37.8 Å². The van der Waals surface area contributed by atoms with Gasteiger partial charge in [-0.25, -0.2) is 9.97 Å². The lowest BCUT2D eigenvalue weighted by molar-refractivity contribution is 0.835. The summed E-state index contributed by atoms with van der Waals surface area (Å²) in [6.07, 6.45) is 2.75. The monoisotopic (exact) mass is 397 g/mol. The Kier molecular flexibility index (Phi) is 5.54. The zero-order valence-corrected chi connectivity index (χ0v) is 14.8. The number of rotatable bonds is 5. The smallest absolute Gasteiger partial charge is 0.144 e. The molecule has 0 saturated carbocycles. The number of hydrogen-bond acceptors (Lipinski definition) is 3. The first-order chi connectivity index (χ1) is 9.63. The molecule has 0 fully saturated rings. The Hall–Kier alpha value is -0.940. The molecule has 106 valence electrons. The Bertz CT molecular complexity index is 600. The molecular formula is C15H17Br2N3. The Labute approximate surface area is 136 Å². The van der Waals surface area contributed by atoms with Gasteiger partial charge in [0.2, 0.25) is 0 Å². The summed E-state index contributed by atoms with van der Waals surface area (Å²) in [5.74, 6) is 1.70. The molecule has 1 N–H and O–H groups in total. The van der Waals surface area contributed by atoms with Gasteiger partial charge in [-0.3, -0.25) is 0 Å². The van der Waals surface area contributed by atoms with Crippen LogP contribution in [0.3, 0.4) is 0 Å². The van der Waals surface area contributed by atoms with E-state index in [1.165, 1.54) is 5.56 Å². The van der Waals surface area contributed by atoms with E-state index in [2.05, 4.69) is 66.2 Å². The predicted octanol–water partition coefficient (Wildman–Crippen LogP) is 4.59. The molecule has 0 aliphatic heterocycles. The van der Waals surface area contributed by atoms with Crippen molar-refractivity contribution in [3.63, 3.8) is 0 Å². The minimum Gasteiger partial charge on any atom is -0.372 e. The first-order valence-electron chi connectivity index (χ1n) is 6.61. The van der Waals surface area contributed by atoms with E-state index in [1.54, 1.807) is 0 Å². The van der Waals surface area contributed by atoms with Gasteiger partial charge in [0, 0.05) is 17.9 Å². The number of aromatic nitrogens is 2. The zero-order valence-electron chi connectivity index (χ0n) is 11.6. The summed E-state index contributed by atoms with van der Waals surface area (Å²) in [4.78, 5) is 9.26. The van der Waals surface area contributed by atoms with E-state index in [4.69, 9.17) is 0 Å². The van der Waals surface area contributed by atoms with Crippen molar-refractivity contribution in [3.05, 3.63) is 50.3 Å². The lowest BCUT2D eigenvalue weighted by Crippen LogP contribution is -2.06. The summed E-state index contributed by atoms with van der Waals surface area (Å²) in [6.45, 7) is 2.15. The summed E-state index contributed by atoms with van der Waals surface area (Å²) in [5, 5.41) is 3.12. The van der Waals surface area contributed by atoms with Crippen molar-refractivity contribution >= 4 is 37.7 Å². The van der Waals surface area contributed by atoms with Gasteiger partial charge in [-0.15, -0.1) is 0 Å². The second kappa shape index (κ2) is 7.18. The Balaban J connectivity index is 2.34. The van der Waals surface area contributed by atoms with Crippen molar-refractivity contribution in [2.45, 2.75) is 26.2 Å². The fourth-order valence-electron chi connectivity index (χ4n) is 2.02. The maximum absolute atomic E-state index is 4.68. The number of anilines is 1. The molecule has 1 heterocycles. The Morgan fingerprint density at radius 3 is 2.65 bits per heavy atom. The molecule has 0 aliphatic rings. The minimum absolute atomic E-state index is 0.734. The van der Waals surface area contributed by atoms with Crippen molar-refractivity contribution in [2.24, 2.45) is 0 Å². The van der Waals surface area contributed by atoms with Gasteiger partial charge in [0.1, 0.15) is 11.6 Å². The fraction of sp³-hybridized carbons (Fsp3) is 0.333. The van der Waals surface area contributed by atoms with Crippen LogP contribution in [0.15, 0.2) is 33.2 Å². The quantitative estimate of drug-likeness (QED) is 0.800. The first-order valence-corrected chi connectivity index (χ1v) is 8.20. The van der Waals surface area contributed by atoms with Gasteiger partial charge in [-0.1, -0.05) is 41.4 Å². The molecule has 0 spiro atoms. The van der Waals surface area contributed by atoms with Gasteiger partial charge in [0.05, 0.1) is 10.2 Å². The van der Waals surface area contributed by atoms with E-state index in [-0.39, 0.29) is 0 Å². The molecule has 0 atom stereocenters. The average Bonchev–Trinajstić information content (AvgIpc) is 2.42. The summed E-state index contributed by atoms with van der Waals surface area (Å²) >= 11 is 7.07. The van der Waals surface area contributed by atoms with Crippen LogP contribution in [0.1, 0.15) is 30.4 Å². The molecule has 2 rings (SSSR count). The van der Waals surface area contributed by atoms with Crippen molar-refractivity contribution in [1.82, 2.24) is 9.97 Å². The van der Waals surface area contributed by atoms with Crippen LogP contribution in [0.4, 0.5) is 5.82 Å². The maximum atomic E-state index is 4.68. The predicted molar refractivity (Wildman–Crippen MR) is 90.2 cm³/mol. The van der Waals surface area contributed by atoms with Crippen LogP contribution in [0.5, 0.6) is 0 Å². The summed E-state index contributed by atoms with van der Waals surface area (Å²) < 4.78 is 2.05. The number of aryl methyl sites for hydroxylation is 1. The molecule has 0 bridgehead atoms. The van der Waals surface area contributed by atoms with Gasteiger partial charge in [0.15, 0.2) is 0 Å². The minimum atomic E-state index is 0.734. The van der Waals surface area contributed by atoms with Crippen LogP contribution in [0.25, 0.3) is 0 Å². The third-order valence-corrected chi connectivity index (χ3v) is 4.27.